The van der Waals surface area contributed by atoms with Gasteiger partial charge in [-0.3, -0.25) is 0 Å². The maximum Gasteiger partial charge on any atom is 0.337 e. The molecular formula is C12H15ClFNO5S. The number of nitrogens with one attached hydrogen (secondary N) is 1. The highest BCUT2D eigenvalue weighted by molar-refractivity contribution is 7.89. The smallest absolute Gasteiger partial charge is 0.337 e. The van der Waals surface area contributed by atoms with Gasteiger partial charge in [0.25, 0.3) is 0 Å². The van der Waals surface area contributed by atoms with Gasteiger partial charge < -0.3 is 10.2 Å². The van der Waals surface area contributed by atoms with Crippen molar-refractivity contribution in [3.63, 3.8) is 0 Å². The van der Waals surface area contributed by atoms with Gasteiger partial charge in [0.15, 0.2) is 0 Å². The topological polar surface area (TPSA) is 104 Å². The number of halogens is 2. The van der Waals surface area contributed by atoms with Crippen molar-refractivity contribution < 1.29 is 27.8 Å². The van der Waals surface area contributed by atoms with Crippen LogP contribution in [0.2, 0.25) is 5.02 Å². The Morgan fingerprint density at radius 2 is 2.00 bits per heavy atom. The summed E-state index contributed by atoms with van der Waals surface area (Å²) in [5.41, 5.74) is -0.639. The van der Waals surface area contributed by atoms with Crippen LogP contribution in [0.25, 0.3) is 0 Å². The lowest BCUT2D eigenvalue weighted by molar-refractivity contribution is 0.0696. The molecule has 1 rings (SSSR count). The second kappa shape index (κ2) is 6.69. The first kappa shape index (κ1) is 17.8. The summed E-state index contributed by atoms with van der Waals surface area (Å²) in [5.74, 6) is -3.04. The summed E-state index contributed by atoms with van der Waals surface area (Å²) in [6.45, 7) is 2.92. The molecule has 9 heteroatoms. The van der Waals surface area contributed by atoms with E-state index in [-0.39, 0.29) is 12.5 Å². The zero-order chi connectivity index (χ0) is 16.4. The fourth-order valence-electron chi connectivity index (χ4n) is 1.46. The maximum absolute atomic E-state index is 13.6. The monoisotopic (exact) mass is 339 g/mol. The average molecular weight is 340 g/mol. The Bertz CT molecular complexity index is 649. The van der Waals surface area contributed by atoms with Gasteiger partial charge in [-0.15, -0.1) is 0 Å². The van der Waals surface area contributed by atoms with Gasteiger partial charge in [-0.2, -0.15) is 0 Å². The van der Waals surface area contributed by atoms with Crippen molar-refractivity contribution in [2.45, 2.75) is 24.8 Å². The van der Waals surface area contributed by atoms with Gasteiger partial charge in [0.2, 0.25) is 10.0 Å². The highest BCUT2D eigenvalue weighted by Gasteiger charge is 2.24. The van der Waals surface area contributed by atoms with Crippen LogP contribution in [0.1, 0.15) is 24.2 Å². The molecule has 0 aliphatic heterocycles. The van der Waals surface area contributed by atoms with Gasteiger partial charge in [-0.1, -0.05) is 18.5 Å². The minimum Gasteiger partial charge on any atom is -0.478 e. The molecule has 0 radical (unpaired) electrons. The standard InChI is InChI=1S/C12H15ClFNO5S/c1-6(5-16)7(2)15-21(19,20)8-3-9(12(17)18)11(13)10(14)4-8/h3-4,6-7,15-16H,5H2,1-2H3,(H,17,18). The molecule has 0 aromatic heterocycles. The molecular weight excluding hydrogens is 325 g/mol. The second-order valence-electron chi connectivity index (χ2n) is 4.64. The molecule has 0 amide bonds. The number of aliphatic hydroxyl groups excluding tert-OH is 1. The Balaban J connectivity index is 3.24. The number of benzene rings is 1. The fraction of sp³-hybridized carbons (Fsp3) is 0.417. The van der Waals surface area contributed by atoms with E-state index in [9.17, 15) is 17.6 Å². The van der Waals surface area contributed by atoms with E-state index in [4.69, 9.17) is 21.8 Å². The summed E-state index contributed by atoms with van der Waals surface area (Å²) in [4.78, 5) is 10.4. The molecule has 0 aliphatic rings. The summed E-state index contributed by atoms with van der Waals surface area (Å²) in [7, 11) is -4.13. The van der Waals surface area contributed by atoms with Gasteiger partial charge in [-0.05, 0) is 25.0 Å². The Kier molecular flexibility index (Phi) is 5.68. The average Bonchev–Trinajstić information content (AvgIpc) is 2.39. The molecule has 2 atom stereocenters. The van der Waals surface area contributed by atoms with Crippen LogP contribution in [0.5, 0.6) is 0 Å². The van der Waals surface area contributed by atoms with Crippen molar-refractivity contribution in [1.82, 2.24) is 4.72 Å². The normalized spacial score (nSPS) is 14.7. The minimum absolute atomic E-state index is 0.237. The minimum atomic E-state index is -4.13. The summed E-state index contributed by atoms with van der Waals surface area (Å²) >= 11 is 5.48. The fourth-order valence-corrected chi connectivity index (χ4v) is 3.04. The quantitative estimate of drug-likeness (QED) is 0.728. The van der Waals surface area contributed by atoms with E-state index in [1.54, 1.807) is 6.92 Å². The number of aliphatic hydroxyl groups is 1. The molecule has 0 spiro atoms. The number of hydrogen-bond acceptors (Lipinski definition) is 4. The summed E-state index contributed by atoms with van der Waals surface area (Å²) < 4.78 is 40.0. The van der Waals surface area contributed by atoms with Gasteiger partial charge in [0.1, 0.15) is 5.82 Å². The lowest BCUT2D eigenvalue weighted by atomic mass is 10.1. The molecule has 3 N–H and O–H groups in total. The van der Waals surface area contributed by atoms with Gasteiger partial charge >= 0.3 is 5.97 Å². The van der Waals surface area contributed by atoms with Crippen molar-refractivity contribution in [2.75, 3.05) is 6.61 Å². The van der Waals surface area contributed by atoms with E-state index in [0.717, 1.165) is 6.07 Å². The van der Waals surface area contributed by atoms with Crippen LogP contribution < -0.4 is 4.72 Å². The summed E-state index contributed by atoms with van der Waals surface area (Å²) in [6.07, 6.45) is 0. The zero-order valence-electron chi connectivity index (χ0n) is 11.3. The number of carboxylic acid groups (broad SMARTS) is 1. The highest BCUT2D eigenvalue weighted by Crippen LogP contribution is 2.24. The predicted octanol–water partition coefficient (Wildman–Crippen LogP) is 1.47. The van der Waals surface area contributed by atoms with Crippen molar-refractivity contribution in [3.8, 4) is 0 Å². The van der Waals surface area contributed by atoms with Crippen molar-refractivity contribution in [2.24, 2.45) is 5.92 Å². The zero-order valence-corrected chi connectivity index (χ0v) is 12.9. The first-order valence-corrected chi connectivity index (χ1v) is 7.81. The molecule has 0 saturated heterocycles. The second-order valence-corrected chi connectivity index (χ2v) is 6.73. The van der Waals surface area contributed by atoms with Gasteiger partial charge in [-0.25, -0.2) is 22.3 Å². The molecule has 0 saturated carbocycles. The van der Waals surface area contributed by atoms with Gasteiger partial charge in [0.05, 0.1) is 15.5 Å². The number of carbonyl (C=O) groups is 1. The first-order chi connectivity index (χ1) is 9.60. The van der Waals surface area contributed by atoms with Gasteiger partial charge in [0, 0.05) is 12.6 Å². The molecule has 0 fully saturated rings. The predicted molar refractivity (Wildman–Crippen MR) is 74.4 cm³/mol. The van der Waals surface area contributed by atoms with E-state index in [0.29, 0.717) is 6.07 Å². The number of hydrogen-bond donors (Lipinski definition) is 3. The molecule has 1 aromatic carbocycles. The van der Waals surface area contributed by atoms with Crippen LogP contribution in [0.4, 0.5) is 4.39 Å². The van der Waals surface area contributed by atoms with Crippen molar-refractivity contribution in [3.05, 3.63) is 28.5 Å². The molecule has 2 unspecified atom stereocenters. The first-order valence-electron chi connectivity index (χ1n) is 5.95. The number of aromatic carboxylic acids is 1. The van der Waals surface area contributed by atoms with Crippen LogP contribution in [0.15, 0.2) is 17.0 Å². The Morgan fingerprint density at radius 1 is 1.43 bits per heavy atom. The number of rotatable bonds is 6. The Labute approximate surface area is 126 Å². The molecule has 0 bridgehead atoms. The highest BCUT2D eigenvalue weighted by atomic mass is 35.5. The van der Waals surface area contributed by atoms with Crippen LogP contribution in [-0.2, 0) is 10.0 Å². The van der Waals surface area contributed by atoms with E-state index in [2.05, 4.69) is 4.72 Å². The molecule has 0 aliphatic carbocycles. The van der Waals surface area contributed by atoms with Crippen LogP contribution in [-0.4, -0.2) is 37.2 Å². The van der Waals surface area contributed by atoms with Crippen molar-refractivity contribution >= 4 is 27.6 Å². The van der Waals surface area contributed by atoms with E-state index in [1.165, 1.54) is 6.92 Å². The van der Waals surface area contributed by atoms with E-state index in [1.807, 2.05) is 0 Å². The lowest BCUT2D eigenvalue weighted by Gasteiger charge is -2.19. The number of carboxylic acids is 1. The van der Waals surface area contributed by atoms with Crippen LogP contribution in [0, 0.1) is 11.7 Å². The van der Waals surface area contributed by atoms with E-state index < -0.39 is 43.3 Å². The molecule has 0 heterocycles. The lowest BCUT2D eigenvalue weighted by Crippen LogP contribution is -2.38. The third-order valence-electron chi connectivity index (χ3n) is 3.03. The Morgan fingerprint density at radius 3 is 2.48 bits per heavy atom. The Hall–Kier alpha value is -1.22. The third-order valence-corrected chi connectivity index (χ3v) is 4.95. The van der Waals surface area contributed by atoms with E-state index >= 15 is 0 Å². The number of sulfonamides is 1. The van der Waals surface area contributed by atoms with Crippen molar-refractivity contribution in [1.29, 1.82) is 0 Å². The van der Waals surface area contributed by atoms with Crippen LogP contribution in [0.3, 0.4) is 0 Å². The largest absolute Gasteiger partial charge is 0.478 e. The molecule has 118 valence electrons. The molecule has 1 aromatic rings. The molecule has 21 heavy (non-hydrogen) atoms. The summed E-state index contributed by atoms with van der Waals surface area (Å²) in [6, 6.07) is 0.812. The van der Waals surface area contributed by atoms with Crippen LogP contribution >= 0.6 is 11.6 Å². The maximum atomic E-state index is 13.6. The SMILES string of the molecule is CC(CO)C(C)NS(=O)(=O)c1cc(F)c(Cl)c(C(=O)O)c1. The third kappa shape index (κ3) is 4.13. The summed E-state index contributed by atoms with van der Waals surface area (Å²) in [5, 5.41) is 17.2. The molecule has 6 nitrogen and oxygen atoms in total.